The number of alkyl carbamates (subject to hydrolysis) is 1. The topological polar surface area (TPSA) is 211 Å². The van der Waals surface area contributed by atoms with Gasteiger partial charge >= 0.3 is 24.0 Å². The quantitative estimate of drug-likeness (QED) is 0.142. The highest BCUT2D eigenvalue weighted by Crippen LogP contribution is 2.65. The van der Waals surface area contributed by atoms with Crippen LogP contribution in [-0.4, -0.2) is 149 Å². The SMILES string of the molecule is CC(=O)O[C@@]12CO[C@@H]1C[C@H](O)[C@@]1(C)C(=O)[C@H](CCN3CCN(C)CC3)C3=C(C)[C@@H](OC(=O)[C@H](O)[C@@H](NC(=O)OC(C)(C)C)c4ccccc4)C[C@@](O)([C@@H](OC(=O)c4ccccc4)[C@H]21)C3(C)C. The zero-order valence-electron chi connectivity index (χ0n) is 39.6. The standard InChI is InChI=1S/C50H67N3O13/c1-29-34(63-44(59)39(56)38(31-16-12-10-13-17-31)51-45(60)66-46(3,4)5)27-50(61)42(64-43(58)32-18-14-11-15-19-32)40-48(8,35(55)26-36-49(40,28-62-36)65-30(2)54)41(57)33(37(29)47(50,6)7)20-21-53-24-22-52(9)23-25-53/h10-19,33-36,38-40,42,55-56,61H,20-28H2,1-9H3,(H,51,60)/t33-,34+,35+,36-,38+,39-,40+,42+,48-,49+,50-/m1/s1. The van der Waals surface area contributed by atoms with Gasteiger partial charge in [0.1, 0.15) is 35.3 Å². The molecule has 3 aliphatic carbocycles. The zero-order valence-corrected chi connectivity index (χ0v) is 39.6. The number of carbonyl (C=O) groups is 5. The Morgan fingerprint density at radius 1 is 0.955 bits per heavy atom. The Morgan fingerprint density at radius 3 is 2.15 bits per heavy atom. The first kappa shape index (κ1) is 49.2. The number of likely N-dealkylation sites (N-methyl/N-ethyl adjacent to an activating group) is 1. The normalized spacial score (nSPS) is 33.1. The minimum absolute atomic E-state index is 0.0750. The Labute approximate surface area is 386 Å². The molecule has 2 aromatic carbocycles. The lowest BCUT2D eigenvalue weighted by atomic mass is 9.43. The van der Waals surface area contributed by atoms with Crippen molar-refractivity contribution in [3.05, 3.63) is 82.9 Å². The summed E-state index contributed by atoms with van der Waals surface area (Å²) in [7, 11) is 2.05. The molecule has 2 saturated heterocycles. The summed E-state index contributed by atoms with van der Waals surface area (Å²) in [4.78, 5) is 75.8. The van der Waals surface area contributed by atoms with Crippen molar-refractivity contribution < 1.29 is 63.0 Å². The van der Waals surface area contributed by atoms with Gasteiger partial charge in [-0.3, -0.25) is 9.59 Å². The maximum atomic E-state index is 16.1. The van der Waals surface area contributed by atoms with E-state index in [1.807, 2.05) is 7.05 Å². The third-order valence-corrected chi connectivity index (χ3v) is 15.0. The Bertz CT molecular complexity index is 2190. The Hall–Kier alpha value is -4.71. The predicted molar refractivity (Wildman–Crippen MR) is 240 cm³/mol. The van der Waals surface area contributed by atoms with Crippen molar-refractivity contribution in [1.82, 2.24) is 15.1 Å². The number of hydrogen-bond donors (Lipinski definition) is 4. The van der Waals surface area contributed by atoms with Crippen LogP contribution < -0.4 is 5.32 Å². The van der Waals surface area contributed by atoms with Crippen LogP contribution in [0.3, 0.4) is 0 Å². The molecule has 2 saturated carbocycles. The molecule has 66 heavy (non-hydrogen) atoms. The van der Waals surface area contributed by atoms with Gasteiger partial charge in [0, 0.05) is 57.3 Å². The number of rotatable bonds is 11. The van der Waals surface area contributed by atoms with E-state index in [0.29, 0.717) is 23.3 Å². The fourth-order valence-electron chi connectivity index (χ4n) is 11.5. The second-order valence-corrected chi connectivity index (χ2v) is 20.7. The van der Waals surface area contributed by atoms with E-state index in [4.69, 9.17) is 23.7 Å². The van der Waals surface area contributed by atoms with Gasteiger partial charge in [0.15, 0.2) is 11.7 Å². The summed E-state index contributed by atoms with van der Waals surface area (Å²) < 4.78 is 30.6. The van der Waals surface area contributed by atoms with Crippen LogP contribution in [0.4, 0.5) is 4.79 Å². The first-order valence-corrected chi connectivity index (χ1v) is 23.0. The monoisotopic (exact) mass is 917 g/mol. The molecule has 4 fully saturated rings. The molecule has 0 radical (unpaired) electrons. The van der Waals surface area contributed by atoms with Gasteiger partial charge in [-0.1, -0.05) is 62.4 Å². The van der Waals surface area contributed by atoms with E-state index in [-0.39, 0.29) is 25.0 Å². The van der Waals surface area contributed by atoms with Gasteiger partial charge in [0.05, 0.1) is 35.6 Å². The highest BCUT2D eigenvalue weighted by molar-refractivity contribution is 5.93. The third kappa shape index (κ3) is 8.92. The summed E-state index contributed by atoms with van der Waals surface area (Å²) >= 11 is 0. The molecule has 2 heterocycles. The number of fused-ring (bicyclic) bond motifs is 5. The van der Waals surface area contributed by atoms with Gasteiger partial charge in [0.25, 0.3) is 0 Å². The van der Waals surface area contributed by atoms with Crippen LogP contribution in [0, 0.1) is 22.7 Å². The lowest BCUT2D eigenvalue weighted by Crippen LogP contribution is -2.81. The fourth-order valence-corrected chi connectivity index (χ4v) is 11.5. The van der Waals surface area contributed by atoms with E-state index in [1.54, 1.807) is 109 Å². The molecule has 11 atom stereocenters. The van der Waals surface area contributed by atoms with Crippen molar-refractivity contribution in [2.75, 3.05) is 46.4 Å². The summed E-state index contributed by atoms with van der Waals surface area (Å²) in [6.45, 7) is 16.5. The first-order chi connectivity index (χ1) is 30.9. The maximum Gasteiger partial charge on any atom is 0.408 e. The molecule has 16 nitrogen and oxygen atoms in total. The number of aliphatic hydroxyl groups excluding tert-OH is 2. The zero-order chi connectivity index (χ0) is 48.1. The summed E-state index contributed by atoms with van der Waals surface area (Å²) in [5.74, 6) is -5.48. The molecule has 2 aliphatic heterocycles. The molecule has 16 heteroatoms. The van der Waals surface area contributed by atoms with E-state index in [2.05, 4.69) is 15.1 Å². The van der Waals surface area contributed by atoms with E-state index < -0.39 is 112 Å². The molecule has 360 valence electrons. The number of ketones is 1. The van der Waals surface area contributed by atoms with Crippen LogP contribution in [0.2, 0.25) is 0 Å². The molecule has 2 aromatic rings. The summed E-state index contributed by atoms with van der Waals surface area (Å²) in [5, 5.41) is 40.8. The average Bonchev–Trinajstić information content (AvgIpc) is 3.25. The molecular weight excluding hydrogens is 851 g/mol. The highest BCUT2D eigenvalue weighted by atomic mass is 16.6. The van der Waals surface area contributed by atoms with Gasteiger partial charge in [-0.2, -0.15) is 0 Å². The van der Waals surface area contributed by atoms with Crippen LogP contribution in [0.15, 0.2) is 71.8 Å². The van der Waals surface area contributed by atoms with Crippen LogP contribution in [-0.2, 0) is 38.1 Å². The van der Waals surface area contributed by atoms with E-state index in [9.17, 15) is 34.5 Å². The number of nitrogens with zero attached hydrogens (tertiary/aromatic N) is 2. The molecule has 0 spiro atoms. The molecule has 0 aromatic heterocycles. The fraction of sp³-hybridized carbons (Fsp3) is 0.620. The van der Waals surface area contributed by atoms with E-state index in [0.717, 1.165) is 26.2 Å². The van der Waals surface area contributed by atoms with Crippen LogP contribution >= 0.6 is 0 Å². The minimum Gasteiger partial charge on any atom is -0.456 e. The second kappa shape index (κ2) is 18.4. The van der Waals surface area contributed by atoms with Crippen LogP contribution in [0.5, 0.6) is 0 Å². The molecule has 5 aliphatic rings. The van der Waals surface area contributed by atoms with Gasteiger partial charge in [-0.05, 0) is 83.5 Å². The number of aliphatic hydroxyl groups is 3. The second-order valence-electron chi connectivity index (χ2n) is 20.7. The van der Waals surface area contributed by atoms with Gasteiger partial charge < -0.3 is 54.1 Å². The molecular formula is C50H67N3O13. The summed E-state index contributed by atoms with van der Waals surface area (Å²) in [6.07, 6.45) is -8.47. The highest BCUT2D eigenvalue weighted by Gasteiger charge is 2.78. The van der Waals surface area contributed by atoms with Crippen molar-refractivity contribution in [2.45, 2.75) is 128 Å². The Morgan fingerprint density at radius 2 is 1.58 bits per heavy atom. The Kier molecular flexibility index (Phi) is 13.7. The first-order valence-electron chi connectivity index (χ1n) is 23.0. The largest absolute Gasteiger partial charge is 0.456 e. The van der Waals surface area contributed by atoms with Gasteiger partial charge in [0.2, 0.25) is 0 Å². The number of Topliss-reactive ketones (excluding diaryl/α,β-unsaturated/α-hetero) is 1. The number of ether oxygens (including phenoxy) is 5. The number of nitrogens with one attached hydrogen (secondary N) is 1. The van der Waals surface area contributed by atoms with Gasteiger partial charge in [-0.25, -0.2) is 14.4 Å². The summed E-state index contributed by atoms with van der Waals surface area (Å²) in [5.41, 5.74) is -6.59. The van der Waals surface area contributed by atoms with Crippen molar-refractivity contribution in [1.29, 1.82) is 0 Å². The van der Waals surface area contributed by atoms with Crippen molar-refractivity contribution in [2.24, 2.45) is 22.7 Å². The van der Waals surface area contributed by atoms with Gasteiger partial charge in [-0.15, -0.1) is 0 Å². The number of hydrogen-bond acceptors (Lipinski definition) is 15. The van der Waals surface area contributed by atoms with Crippen LogP contribution in [0.1, 0.15) is 96.6 Å². The number of amides is 1. The number of carbonyl (C=O) groups excluding carboxylic acids is 5. The van der Waals surface area contributed by atoms with Crippen molar-refractivity contribution in [3.8, 4) is 0 Å². The molecule has 0 unspecified atom stereocenters. The number of piperazine rings is 1. The van der Waals surface area contributed by atoms with E-state index >= 15 is 4.79 Å². The third-order valence-electron chi connectivity index (χ3n) is 15.0. The lowest BCUT2D eigenvalue weighted by Gasteiger charge is -2.67. The number of esters is 3. The maximum absolute atomic E-state index is 16.1. The smallest absolute Gasteiger partial charge is 0.408 e. The van der Waals surface area contributed by atoms with Crippen LogP contribution in [0.25, 0.3) is 0 Å². The van der Waals surface area contributed by atoms with Crippen molar-refractivity contribution >= 4 is 29.8 Å². The lowest BCUT2D eigenvalue weighted by molar-refractivity contribution is -0.345. The Balaban J connectivity index is 1.39. The number of benzene rings is 2. The molecule has 2 bridgehead atoms. The minimum atomic E-state index is -2.22. The van der Waals surface area contributed by atoms with Crippen molar-refractivity contribution in [3.63, 3.8) is 0 Å². The average molecular weight is 918 g/mol. The summed E-state index contributed by atoms with van der Waals surface area (Å²) in [6, 6.07) is 15.2. The molecule has 1 amide bonds. The molecule has 4 N–H and O–H groups in total. The molecule has 7 rings (SSSR count). The van der Waals surface area contributed by atoms with E-state index in [1.165, 1.54) is 6.92 Å². The predicted octanol–water partition coefficient (Wildman–Crippen LogP) is 4.15.